The first-order chi connectivity index (χ1) is 9.38. The highest BCUT2D eigenvalue weighted by molar-refractivity contribution is 5.21. The van der Waals surface area contributed by atoms with E-state index >= 15 is 0 Å². The van der Waals surface area contributed by atoms with E-state index in [1.165, 1.54) is 0 Å². The van der Waals surface area contributed by atoms with Gasteiger partial charge in [0.05, 0.1) is 0 Å². The highest BCUT2D eigenvalue weighted by Gasteiger charge is 2.82. The van der Waals surface area contributed by atoms with E-state index in [4.69, 9.17) is 0 Å². The normalized spacial score (nSPS) is 16.6. The Kier molecular flexibility index (Phi) is 5.13. The third kappa shape index (κ3) is 2.95. The Labute approximate surface area is 111 Å². The van der Waals surface area contributed by atoms with Crippen LogP contribution >= 0.6 is 0 Å². The van der Waals surface area contributed by atoms with E-state index in [1.807, 2.05) is 0 Å². The summed E-state index contributed by atoms with van der Waals surface area (Å²) in [4.78, 5) is 0. The van der Waals surface area contributed by atoms with Crippen LogP contribution in [0.2, 0.25) is 0 Å². The second-order valence-electron chi connectivity index (χ2n) is 3.69. The second-order valence-corrected chi connectivity index (χ2v) is 3.69. The van der Waals surface area contributed by atoms with Crippen molar-refractivity contribution in [2.75, 3.05) is 6.67 Å². The van der Waals surface area contributed by atoms with Gasteiger partial charge in [0.15, 0.2) is 6.67 Å². The molecule has 0 nitrogen and oxygen atoms in total. The van der Waals surface area contributed by atoms with Crippen molar-refractivity contribution in [1.29, 1.82) is 0 Å². The number of allylic oxidation sites excluding steroid dienone is 2. The Balaban J connectivity index is 6.21. The largest absolute Gasteiger partial charge is 0.445 e. The van der Waals surface area contributed by atoms with Gasteiger partial charge < -0.3 is 0 Å². The van der Waals surface area contributed by atoms with Gasteiger partial charge in [0.25, 0.3) is 0 Å². The minimum absolute atomic E-state index is 3.63. The number of alkyl halides is 12. The van der Waals surface area contributed by atoms with Crippen LogP contribution in [0, 0.1) is 0 Å². The lowest BCUT2D eigenvalue weighted by atomic mass is 9.98. The lowest BCUT2D eigenvalue weighted by Crippen LogP contribution is -2.63. The van der Waals surface area contributed by atoms with Crippen molar-refractivity contribution in [1.82, 2.24) is 0 Å². The second kappa shape index (κ2) is 5.44. The van der Waals surface area contributed by atoms with Crippen LogP contribution in [-0.2, 0) is 0 Å². The quantitative estimate of drug-likeness (QED) is 0.588. The highest BCUT2D eigenvalue weighted by atomic mass is 19.4. The highest BCUT2D eigenvalue weighted by Crippen LogP contribution is 2.56. The van der Waals surface area contributed by atoms with Gasteiger partial charge in [0.1, 0.15) is 0 Å². The van der Waals surface area contributed by atoms with E-state index < -0.39 is 48.2 Å². The van der Waals surface area contributed by atoms with Crippen LogP contribution in [0.3, 0.4) is 0 Å². The molecule has 0 aromatic rings. The molecule has 0 bridgehead atoms. The number of hydrogen-bond acceptors (Lipinski definition) is 0. The summed E-state index contributed by atoms with van der Waals surface area (Å²) in [6.07, 6.45) is -6.62. The topological polar surface area (TPSA) is 0 Å². The number of rotatable bonds is 5. The number of halogens is 14. The maximum atomic E-state index is 12.7. The van der Waals surface area contributed by atoms with Crippen LogP contribution in [0.15, 0.2) is 11.7 Å². The summed E-state index contributed by atoms with van der Waals surface area (Å²) < 4.78 is 171. The summed E-state index contributed by atoms with van der Waals surface area (Å²) in [6.45, 7) is -3.63. The van der Waals surface area contributed by atoms with Gasteiger partial charge in [-0.3, -0.25) is 0 Å². The molecule has 0 aromatic carbocycles. The molecule has 0 spiro atoms. The molecule has 0 aromatic heterocycles. The first-order valence-corrected chi connectivity index (χ1v) is 4.58. The molecule has 0 saturated carbocycles. The average Bonchev–Trinajstić information content (AvgIpc) is 2.34. The summed E-state index contributed by atoms with van der Waals surface area (Å²) in [7, 11) is 0. The van der Waals surface area contributed by atoms with E-state index in [1.54, 1.807) is 0 Å². The van der Waals surface area contributed by atoms with Crippen LogP contribution < -0.4 is 0 Å². The monoisotopic (exact) mass is 364 g/mol. The molecule has 0 aliphatic rings. The predicted molar refractivity (Wildman–Crippen MR) is 41.1 cm³/mol. The smallest absolute Gasteiger partial charge is 0.244 e. The first kappa shape index (κ1) is 20.8. The Hall–Kier alpha value is -1.24. The fourth-order valence-corrected chi connectivity index (χ4v) is 0.911. The third-order valence-corrected chi connectivity index (χ3v) is 2.13. The minimum Gasteiger partial charge on any atom is -0.244 e. The van der Waals surface area contributed by atoms with Crippen LogP contribution in [0.5, 0.6) is 0 Å². The third-order valence-electron chi connectivity index (χ3n) is 2.13. The molecule has 0 fully saturated rings. The molecular formula is C8H2F14. The molecule has 0 heterocycles. The van der Waals surface area contributed by atoms with Gasteiger partial charge in [-0.15, -0.1) is 0 Å². The Morgan fingerprint density at radius 2 is 0.955 bits per heavy atom. The summed E-state index contributed by atoms with van der Waals surface area (Å²) in [5.74, 6) is -38.0. The van der Waals surface area contributed by atoms with Gasteiger partial charge >= 0.3 is 29.9 Å². The summed E-state index contributed by atoms with van der Waals surface area (Å²) in [5, 5.41) is 0. The SMILES string of the molecule is FCC(F)(F)C(F)(F)C(F)(F)C(F)(F)/C(F)=C(\F)C(F)(F)F. The molecule has 0 amide bonds. The van der Waals surface area contributed by atoms with Crippen molar-refractivity contribution in [2.24, 2.45) is 0 Å². The summed E-state index contributed by atoms with van der Waals surface area (Å²) in [6, 6.07) is 0. The van der Waals surface area contributed by atoms with Crippen LogP contribution in [0.25, 0.3) is 0 Å². The van der Waals surface area contributed by atoms with Crippen molar-refractivity contribution in [3.05, 3.63) is 11.7 Å². The summed E-state index contributed by atoms with van der Waals surface area (Å²) >= 11 is 0. The standard InChI is InChI=1S/C8H2F14/c9-1-4(12,13)7(19,20)8(21,22)5(14,15)2(10)3(11)6(16,17)18/h1H2/b3-2+. The van der Waals surface area contributed by atoms with Crippen molar-refractivity contribution < 1.29 is 61.5 Å². The zero-order valence-corrected chi connectivity index (χ0v) is 9.50. The molecular weight excluding hydrogens is 362 g/mol. The van der Waals surface area contributed by atoms with Crippen LogP contribution in [0.4, 0.5) is 61.5 Å². The first-order valence-electron chi connectivity index (χ1n) is 4.58. The van der Waals surface area contributed by atoms with Crippen molar-refractivity contribution >= 4 is 0 Å². The molecule has 0 atom stereocenters. The Bertz CT molecular complexity index is 440. The van der Waals surface area contributed by atoms with Gasteiger partial charge in [-0.05, 0) is 0 Å². The van der Waals surface area contributed by atoms with Gasteiger partial charge in [0, 0.05) is 0 Å². The molecule has 14 heteroatoms. The maximum absolute atomic E-state index is 12.7. The summed E-state index contributed by atoms with van der Waals surface area (Å²) in [5.41, 5.74) is 0. The van der Waals surface area contributed by atoms with E-state index in [0.29, 0.717) is 0 Å². The molecule has 0 radical (unpaired) electrons. The molecule has 132 valence electrons. The van der Waals surface area contributed by atoms with Crippen molar-refractivity contribution in [3.63, 3.8) is 0 Å². The predicted octanol–water partition coefficient (Wildman–Crippen LogP) is 5.21. The molecule has 0 saturated heterocycles. The van der Waals surface area contributed by atoms with E-state index in [9.17, 15) is 61.5 Å². The molecule has 22 heavy (non-hydrogen) atoms. The van der Waals surface area contributed by atoms with E-state index in [-0.39, 0.29) is 0 Å². The van der Waals surface area contributed by atoms with Crippen molar-refractivity contribution in [3.8, 4) is 0 Å². The van der Waals surface area contributed by atoms with Gasteiger partial charge in [-0.1, -0.05) is 0 Å². The lowest BCUT2D eigenvalue weighted by Gasteiger charge is -2.35. The van der Waals surface area contributed by atoms with E-state index in [0.717, 1.165) is 0 Å². The Morgan fingerprint density at radius 3 is 1.23 bits per heavy atom. The average molecular weight is 364 g/mol. The maximum Gasteiger partial charge on any atom is 0.445 e. The molecule has 0 aliphatic carbocycles. The zero-order valence-electron chi connectivity index (χ0n) is 9.50. The minimum atomic E-state index is -7.58. The van der Waals surface area contributed by atoms with Crippen molar-refractivity contribution in [2.45, 2.75) is 29.9 Å². The molecule has 0 unspecified atom stereocenters. The zero-order chi connectivity index (χ0) is 18.4. The number of hydrogen-bond donors (Lipinski definition) is 0. The Morgan fingerprint density at radius 1 is 0.591 bits per heavy atom. The molecule has 0 aliphatic heterocycles. The van der Waals surface area contributed by atoms with Crippen LogP contribution in [0.1, 0.15) is 0 Å². The van der Waals surface area contributed by atoms with Gasteiger partial charge in [-0.25, -0.2) is 8.78 Å². The van der Waals surface area contributed by atoms with Crippen LogP contribution in [-0.4, -0.2) is 36.5 Å². The fraction of sp³-hybridized carbons (Fsp3) is 0.750. The van der Waals surface area contributed by atoms with Gasteiger partial charge in [-0.2, -0.15) is 52.7 Å². The molecule has 0 rings (SSSR count). The van der Waals surface area contributed by atoms with E-state index in [2.05, 4.69) is 0 Å². The molecule has 0 N–H and O–H groups in total. The fourth-order valence-electron chi connectivity index (χ4n) is 0.911. The van der Waals surface area contributed by atoms with Gasteiger partial charge in [0.2, 0.25) is 11.7 Å². The lowest BCUT2D eigenvalue weighted by molar-refractivity contribution is -0.362.